The summed E-state index contributed by atoms with van der Waals surface area (Å²) < 4.78 is 0. The van der Waals surface area contributed by atoms with Crippen LogP contribution in [0.25, 0.3) is 0 Å². The fraction of sp³-hybridized carbons (Fsp3) is 0.923. The van der Waals surface area contributed by atoms with Gasteiger partial charge in [0.1, 0.15) is 5.41 Å². The fourth-order valence-electron chi connectivity index (χ4n) is 13.2. The zero-order valence-electron chi connectivity index (χ0n) is 42.7. The van der Waals surface area contributed by atoms with E-state index in [1.807, 2.05) is 0 Å². The van der Waals surface area contributed by atoms with Crippen LogP contribution in [-0.4, -0.2) is 87.0 Å². The van der Waals surface area contributed by atoms with Crippen molar-refractivity contribution >= 4 is 23.9 Å². The summed E-state index contributed by atoms with van der Waals surface area (Å²) in [7, 11) is 0. The molecule has 12 nitrogen and oxygen atoms in total. The van der Waals surface area contributed by atoms with E-state index >= 15 is 4.79 Å². The molecule has 0 saturated carbocycles. The first-order chi connectivity index (χ1) is 29.5. The van der Waals surface area contributed by atoms with Gasteiger partial charge in [0, 0.05) is 22.2 Å². The highest BCUT2D eigenvalue weighted by atomic mass is 16.5. The zero-order valence-corrected chi connectivity index (χ0v) is 42.7. The van der Waals surface area contributed by atoms with Crippen LogP contribution in [0.5, 0.6) is 0 Å². The second kappa shape index (κ2) is 24.1. The van der Waals surface area contributed by atoms with Gasteiger partial charge in [-0.15, -0.1) is 0 Å². The highest BCUT2D eigenvalue weighted by Gasteiger charge is 2.79. The van der Waals surface area contributed by atoms with Gasteiger partial charge in [0.05, 0.1) is 17.3 Å². The molecule has 374 valence electrons. The van der Waals surface area contributed by atoms with E-state index in [1.54, 1.807) is 55.4 Å². The molecule has 2 atom stereocenters. The van der Waals surface area contributed by atoms with Crippen molar-refractivity contribution in [3.8, 4) is 0 Å². The van der Waals surface area contributed by atoms with E-state index in [2.05, 4.69) is 27.7 Å². The molecule has 6 N–H and O–H groups in total. The lowest BCUT2D eigenvalue weighted by molar-refractivity contribution is -0.291. The molecule has 2 aliphatic heterocycles. The molecule has 2 unspecified atom stereocenters. The summed E-state index contributed by atoms with van der Waals surface area (Å²) in [5.74, 6) is -7.18. The van der Waals surface area contributed by atoms with E-state index in [4.69, 9.17) is 0 Å². The van der Waals surface area contributed by atoms with Crippen LogP contribution in [0, 0.1) is 39.9 Å². The molecular formula is C52H96N2O10. The molecular weight excluding hydrogens is 813 g/mol. The van der Waals surface area contributed by atoms with E-state index in [-0.39, 0.29) is 38.5 Å². The van der Waals surface area contributed by atoms with E-state index in [1.165, 1.54) is 30.7 Å². The van der Waals surface area contributed by atoms with Crippen molar-refractivity contribution < 1.29 is 50.0 Å². The summed E-state index contributed by atoms with van der Waals surface area (Å²) in [6.07, 6.45) is 15.1. The molecule has 64 heavy (non-hydrogen) atoms. The van der Waals surface area contributed by atoms with Gasteiger partial charge in [-0.25, -0.2) is 0 Å². The molecule has 0 aromatic rings. The second-order valence-corrected chi connectivity index (χ2v) is 24.0. The lowest BCUT2D eigenvalue weighted by Gasteiger charge is -2.65. The third-order valence-electron chi connectivity index (χ3n) is 15.9. The number of carbonyl (C=O) groups is 4. The summed E-state index contributed by atoms with van der Waals surface area (Å²) in [6.45, 7) is 22.8. The largest absolute Gasteiger partial charge is 0.481 e. The molecule has 0 amide bonds. The van der Waals surface area contributed by atoms with Crippen molar-refractivity contribution in [2.24, 2.45) is 39.9 Å². The highest BCUT2D eigenvalue weighted by molar-refractivity contribution is 5.96. The number of piperidine rings is 2. The number of unbranched alkanes of at least 4 members (excludes halogenated alkanes) is 14. The van der Waals surface area contributed by atoms with Gasteiger partial charge in [0.2, 0.25) is 0 Å². The van der Waals surface area contributed by atoms with Gasteiger partial charge in [-0.3, -0.25) is 19.2 Å². The van der Waals surface area contributed by atoms with Crippen molar-refractivity contribution in [2.45, 2.75) is 266 Å². The van der Waals surface area contributed by atoms with Crippen molar-refractivity contribution in [3.63, 3.8) is 0 Å². The number of carboxylic acid groups (broad SMARTS) is 4. The summed E-state index contributed by atoms with van der Waals surface area (Å²) in [5, 5.41) is 73.0. The molecule has 0 radical (unpaired) electrons. The van der Waals surface area contributed by atoms with Crippen LogP contribution in [0.2, 0.25) is 0 Å². The Morgan fingerprint density at radius 1 is 0.469 bits per heavy atom. The number of hydroxylamine groups is 4. The van der Waals surface area contributed by atoms with E-state index < -0.39 is 80.5 Å². The highest BCUT2D eigenvalue weighted by Crippen LogP contribution is 2.70. The van der Waals surface area contributed by atoms with Crippen LogP contribution < -0.4 is 0 Å². The molecule has 2 rings (SSSR count). The summed E-state index contributed by atoms with van der Waals surface area (Å²) in [4.78, 5) is 58.5. The first-order valence-corrected chi connectivity index (χ1v) is 25.4. The van der Waals surface area contributed by atoms with Gasteiger partial charge in [-0.1, -0.05) is 143 Å². The number of carboxylic acids is 4. The van der Waals surface area contributed by atoms with Crippen LogP contribution in [0.15, 0.2) is 0 Å². The van der Waals surface area contributed by atoms with Crippen molar-refractivity contribution in [1.82, 2.24) is 10.1 Å². The standard InChI is InChI=1S/C52H96N2O10/c1-38(2)29-25-21-17-13-15-19-23-27-31-50(43(57)58,32-28-24-20-16-14-18-22-26-30-39(3)4)52(45(61)62,41-35-48(9,10)54(64)49(11,12)36-41)51(44(59)60,37-42(55)56)40-33-46(5,6)53(63)47(7,8)34-40/h38-41,63-64H,13-37H2,1-12H3,(H,55,56)(H,57,58)(H,59,60)(H,61,62). The Labute approximate surface area is 388 Å². The van der Waals surface area contributed by atoms with Gasteiger partial charge in [0.25, 0.3) is 0 Å². The number of rotatable bonds is 31. The molecule has 2 saturated heterocycles. The fourth-order valence-corrected chi connectivity index (χ4v) is 13.2. The molecule has 2 fully saturated rings. The van der Waals surface area contributed by atoms with Crippen LogP contribution in [0.3, 0.4) is 0 Å². The molecule has 12 heteroatoms. The third kappa shape index (κ3) is 13.7. The van der Waals surface area contributed by atoms with Crippen LogP contribution in [-0.2, 0) is 19.2 Å². The normalized spacial score (nSPS) is 21.4. The summed E-state index contributed by atoms with van der Waals surface area (Å²) >= 11 is 0. The number of aliphatic carboxylic acids is 4. The number of hydrogen-bond acceptors (Lipinski definition) is 8. The van der Waals surface area contributed by atoms with Gasteiger partial charge >= 0.3 is 23.9 Å². The number of nitrogens with zero attached hydrogens (tertiary/aromatic N) is 2. The topological polar surface area (TPSA) is 196 Å². The molecule has 0 aliphatic carbocycles. The maximum atomic E-state index is 15.3. The maximum Gasteiger partial charge on any atom is 0.312 e. The maximum absolute atomic E-state index is 15.3. The van der Waals surface area contributed by atoms with Crippen molar-refractivity contribution in [2.75, 3.05) is 0 Å². The van der Waals surface area contributed by atoms with Crippen LogP contribution in [0.1, 0.15) is 244 Å². The summed E-state index contributed by atoms with van der Waals surface area (Å²) in [5.41, 5.74) is -12.1. The van der Waals surface area contributed by atoms with Gasteiger partial charge < -0.3 is 30.8 Å². The second-order valence-electron chi connectivity index (χ2n) is 24.0. The Balaban J connectivity index is 2.94. The lowest BCUT2D eigenvalue weighted by Crippen LogP contribution is -2.74. The minimum Gasteiger partial charge on any atom is -0.481 e. The quantitative estimate of drug-likeness (QED) is 0.0361. The van der Waals surface area contributed by atoms with Crippen LogP contribution in [0.4, 0.5) is 0 Å². The van der Waals surface area contributed by atoms with E-state index in [0.29, 0.717) is 37.5 Å². The SMILES string of the molecule is CC(C)CCCCCCCCCCC(CCCCCCCCCCC(C)C)(C(=O)O)C(C(=O)O)(C1CC(C)(C)N(O)C(C)(C)C1)C(CC(=O)O)(C(=O)O)C1CC(C)(C)N(O)C(C)(C)C1. The average Bonchev–Trinajstić information content (AvgIpc) is 3.15. The summed E-state index contributed by atoms with van der Waals surface area (Å²) in [6, 6.07) is 0. The minimum atomic E-state index is -2.67. The molecule has 0 bridgehead atoms. The minimum absolute atomic E-state index is 0.0812. The van der Waals surface area contributed by atoms with Gasteiger partial charge in [0.15, 0.2) is 0 Å². The van der Waals surface area contributed by atoms with Crippen molar-refractivity contribution in [1.29, 1.82) is 0 Å². The Morgan fingerprint density at radius 2 is 0.766 bits per heavy atom. The molecule has 2 aliphatic rings. The Bertz CT molecular complexity index is 1430. The van der Waals surface area contributed by atoms with Gasteiger partial charge in [-0.05, 0) is 118 Å². The van der Waals surface area contributed by atoms with E-state index in [9.17, 15) is 45.2 Å². The first kappa shape index (κ1) is 57.8. The third-order valence-corrected chi connectivity index (χ3v) is 15.9. The number of hydrogen-bond donors (Lipinski definition) is 6. The Morgan fingerprint density at radius 3 is 1.03 bits per heavy atom. The van der Waals surface area contributed by atoms with E-state index in [0.717, 1.165) is 69.3 Å². The predicted molar refractivity (Wildman–Crippen MR) is 253 cm³/mol. The monoisotopic (exact) mass is 909 g/mol. The molecule has 0 aromatic carbocycles. The Kier molecular flexibility index (Phi) is 21.8. The van der Waals surface area contributed by atoms with Gasteiger partial charge in [-0.2, -0.15) is 10.1 Å². The molecule has 2 heterocycles. The first-order valence-electron chi connectivity index (χ1n) is 25.4. The Hall–Kier alpha value is -2.28. The molecule has 0 spiro atoms. The predicted octanol–water partition coefficient (Wildman–Crippen LogP) is 13.1. The zero-order chi connectivity index (χ0) is 49.0. The lowest BCUT2D eigenvalue weighted by atomic mass is 9.37. The smallest absolute Gasteiger partial charge is 0.312 e. The van der Waals surface area contributed by atoms with Crippen molar-refractivity contribution in [3.05, 3.63) is 0 Å². The average molecular weight is 909 g/mol. The molecule has 0 aromatic heterocycles. The van der Waals surface area contributed by atoms with Crippen LogP contribution >= 0.6 is 0 Å².